The zero-order valence-electron chi connectivity index (χ0n) is 15.0. The van der Waals surface area contributed by atoms with Gasteiger partial charge >= 0.3 is 5.97 Å². The van der Waals surface area contributed by atoms with E-state index in [1.807, 2.05) is 48.5 Å². The fourth-order valence-electron chi connectivity index (χ4n) is 3.04. The van der Waals surface area contributed by atoms with Gasteiger partial charge in [0.1, 0.15) is 0 Å². The number of carbonyl (C=O) groups excluding carboxylic acids is 1. The summed E-state index contributed by atoms with van der Waals surface area (Å²) in [5.41, 5.74) is 5.58. The summed E-state index contributed by atoms with van der Waals surface area (Å²) < 4.78 is 4.89. The van der Waals surface area contributed by atoms with Crippen molar-refractivity contribution in [3.05, 3.63) is 94.5 Å². The Morgan fingerprint density at radius 2 is 1.74 bits per heavy atom. The average molecular weight is 357 g/mol. The van der Waals surface area contributed by atoms with E-state index >= 15 is 0 Å². The second kappa shape index (κ2) is 8.31. The molecule has 0 aliphatic carbocycles. The average Bonchev–Trinajstić information content (AvgIpc) is 2.73. The third-order valence-electron chi connectivity index (χ3n) is 4.32. The standard InChI is InChI=1S/C23H19NO3/c1-27-23(26)22-12-19(9-16-4-2-6-18(8-16)15-25)11-21(13-22)20-7-3-5-17(10-20)14-24/h2-8,10-13,25H,9,15H2,1H3. The Balaban J connectivity index is 2.05. The maximum Gasteiger partial charge on any atom is 0.337 e. The van der Waals surface area contributed by atoms with Crippen LogP contribution in [0.1, 0.15) is 32.6 Å². The number of aliphatic hydroxyl groups excluding tert-OH is 1. The second-order valence-electron chi connectivity index (χ2n) is 6.26. The first-order valence-electron chi connectivity index (χ1n) is 8.54. The Labute approximate surface area is 158 Å². The van der Waals surface area contributed by atoms with E-state index in [1.54, 1.807) is 18.2 Å². The van der Waals surface area contributed by atoms with Gasteiger partial charge in [-0.3, -0.25) is 0 Å². The van der Waals surface area contributed by atoms with Crippen molar-refractivity contribution >= 4 is 5.97 Å². The van der Waals surface area contributed by atoms with Crippen LogP contribution in [0.4, 0.5) is 0 Å². The maximum atomic E-state index is 12.1. The van der Waals surface area contributed by atoms with Gasteiger partial charge in [0.05, 0.1) is 30.9 Å². The molecule has 0 spiro atoms. The Morgan fingerprint density at radius 1 is 0.963 bits per heavy atom. The molecular weight excluding hydrogens is 338 g/mol. The molecule has 0 saturated carbocycles. The number of nitrogens with zero attached hydrogens (tertiary/aromatic N) is 1. The number of carbonyl (C=O) groups is 1. The SMILES string of the molecule is COC(=O)c1cc(Cc2cccc(CO)c2)cc(-c2cccc(C#N)c2)c1. The third-order valence-corrected chi connectivity index (χ3v) is 4.32. The van der Waals surface area contributed by atoms with Gasteiger partial charge < -0.3 is 9.84 Å². The Bertz CT molecular complexity index is 1020. The molecular formula is C23H19NO3. The molecule has 4 nitrogen and oxygen atoms in total. The van der Waals surface area contributed by atoms with E-state index in [0.717, 1.165) is 27.8 Å². The van der Waals surface area contributed by atoms with Crippen molar-refractivity contribution in [1.29, 1.82) is 5.26 Å². The summed E-state index contributed by atoms with van der Waals surface area (Å²) in [6, 6.07) is 22.7. The molecule has 3 aromatic rings. The van der Waals surface area contributed by atoms with Crippen molar-refractivity contribution in [2.75, 3.05) is 7.11 Å². The minimum Gasteiger partial charge on any atom is -0.465 e. The zero-order chi connectivity index (χ0) is 19.2. The molecule has 0 aliphatic rings. The minimum absolute atomic E-state index is 0.0117. The van der Waals surface area contributed by atoms with Gasteiger partial charge in [0.2, 0.25) is 0 Å². The minimum atomic E-state index is -0.404. The Hall–Kier alpha value is -3.42. The molecule has 27 heavy (non-hydrogen) atoms. The number of hydrogen-bond acceptors (Lipinski definition) is 4. The first-order chi connectivity index (χ1) is 13.1. The largest absolute Gasteiger partial charge is 0.465 e. The highest BCUT2D eigenvalue weighted by Crippen LogP contribution is 2.25. The van der Waals surface area contributed by atoms with E-state index in [0.29, 0.717) is 17.5 Å². The van der Waals surface area contributed by atoms with Crippen LogP contribution < -0.4 is 0 Å². The van der Waals surface area contributed by atoms with Crippen LogP contribution in [0.15, 0.2) is 66.7 Å². The monoisotopic (exact) mass is 357 g/mol. The molecule has 0 bridgehead atoms. The third kappa shape index (κ3) is 4.41. The van der Waals surface area contributed by atoms with Crippen molar-refractivity contribution in [1.82, 2.24) is 0 Å². The van der Waals surface area contributed by atoms with Gasteiger partial charge in [-0.2, -0.15) is 5.26 Å². The molecule has 0 saturated heterocycles. The molecule has 1 N–H and O–H groups in total. The van der Waals surface area contributed by atoms with Gasteiger partial charge in [-0.25, -0.2) is 4.79 Å². The quantitative estimate of drug-likeness (QED) is 0.698. The summed E-state index contributed by atoms with van der Waals surface area (Å²) in [4.78, 5) is 12.1. The molecule has 0 aromatic heterocycles. The number of methoxy groups -OCH3 is 1. The summed E-state index contributed by atoms with van der Waals surface area (Å²) in [5.74, 6) is -0.404. The molecule has 134 valence electrons. The summed E-state index contributed by atoms with van der Waals surface area (Å²) in [6.45, 7) is -0.0117. The van der Waals surface area contributed by atoms with Crippen LogP contribution in [0.25, 0.3) is 11.1 Å². The van der Waals surface area contributed by atoms with E-state index < -0.39 is 5.97 Å². The smallest absolute Gasteiger partial charge is 0.337 e. The van der Waals surface area contributed by atoms with E-state index in [-0.39, 0.29) is 6.61 Å². The molecule has 0 radical (unpaired) electrons. The van der Waals surface area contributed by atoms with Crippen molar-refractivity contribution in [2.45, 2.75) is 13.0 Å². The first-order valence-corrected chi connectivity index (χ1v) is 8.54. The second-order valence-corrected chi connectivity index (χ2v) is 6.26. The van der Waals surface area contributed by atoms with Crippen LogP contribution in [0.2, 0.25) is 0 Å². The lowest BCUT2D eigenvalue weighted by Gasteiger charge is -2.10. The Morgan fingerprint density at radius 3 is 2.48 bits per heavy atom. The van der Waals surface area contributed by atoms with Crippen LogP contribution in [-0.2, 0) is 17.8 Å². The Kier molecular flexibility index (Phi) is 5.65. The summed E-state index contributed by atoms with van der Waals surface area (Å²) in [7, 11) is 1.36. The van der Waals surface area contributed by atoms with Crippen molar-refractivity contribution < 1.29 is 14.6 Å². The lowest BCUT2D eigenvalue weighted by atomic mass is 9.95. The molecule has 0 unspecified atom stereocenters. The van der Waals surface area contributed by atoms with Gasteiger partial charge in [0.15, 0.2) is 0 Å². The summed E-state index contributed by atoms with van der Waals surface area (Å²) >= 11 is 0. The molecule has 0 amide bonds. The molecule has 4 heteroatoms. The molecule has 0 fully saturated rings. The zero-order valence-corrected chi connectivity index (χ0v) is 15.0. The highest BCUT2D eigenvalue weighted by atomic mass is 16.5. The lowest BCUT2D eigenvalue weighted by Crippen LogP contribution is -2.03. The van der Waals surface area contributed by atoms with E-state index in [9.17, 15) is 9.90 Å². The van der Waals surface area contributed by atoms with Crippen LogP contribution >= 0.6 is 0 Å². The van der Waals surface area contributed by atoms with Gasteiger partial charge in [0.25, 0.3) is 0 Å². The number of rotatable bonds is 5. The van der Waals surface area contributed by atoms with Crippen molar-refractivity contribution in [3.63, 3.8) is 0 Å². The van der Waals surface area contributed by atoms with Crippen LogP contribution in [0, 0.1) is 11.3 Å². The topological polar surface area (TPSA) is 70.3 Å². The van der Waals surface area contributed by atoms with Crippen LogP contribution in [0.5, 0.6) is 0 Å². The van der Waals surface area contributed by atoms with E-state index in [4.69, 9.17) is 10.00 Å². The fourth-order valence-corrected chi connectivity index (χ4v) is 3.04. The van der Waals surface area contributed by atoms with Gasteiger partial charge in [0, 0.05) is 0 Å². The normalized spacial score (nSPS) is 10.3. The van der Waals surface area contributed by atoms with Gasteiger partial charge in [-0.15, -0.1) is 0 Å². The summed E-state index contributed by atoms with van der Waals surface area (Å²) in [5, 5.41) is 18.5. The number of benzene rings is 3. The molecule has 3 rings (SSSR count). The summed E-state index contributed by atoms with van der Waals surface area (Å²) in [6.07, 6.45) is 0.615. The molecule has 0 heterocycles. The predicted molar refractivity (Wildman–Crippen MR) is 103 cm³/mol. The molecule has 0 atom stereocenters. The van der Waals surface area contributed by atoms with Crippen LogP contribution in [-0.4, -0.2) is 18.2 Å². The van der Waals surface area contributed by atoms with Crippen molar-refractivity contribution in [3.8, 4) is 17.2 Å². The maximum absolute atomic E-state index is 12.1. The first kappa shape index (κ1) is 18.4. The fraction of sp³-hybridized carbons (Fsp3) is 0.130. The van der Waals surface area contributed by atoms with E-state index in [2.05, 4.69) is 6.07 Å². The number of esters is 1. The van der Waals surface area contributed by atoms with Crippen LogP contribution in [0.3, 0.4) is 0 Å². The van der Waals surface area contributed by atoms with Gasteiger partial charge in [-0.05, 0) is 58.5 Å². The van der Waals surface area contributed by atoms with Gasteiger partial charge in [-0.1, -0.05) is 42.5 Å². The lowest BCUT2D eigenvalue weighted by molar-refractivity contribution is 0.0600. The number of aliphatic hydroxyl groups is 1. The van der Waals surface area contributed by atoms with E-state index in [1.165, 1.54) is 7.11 Å². The highest BCUT2D eigenvalue weighted by Gasteiger charge is 2.11. The molecule has 3 aromatic carbocycles. The predicted octanol–water partition coefficient (Wildman–Crippen LogP) is 4.09. The number of nitriles is 1. The number of ether oxygens (including phenoxy) is 1. The number of hydrogen-bond donors (Lipinski definition) is 1. The van der Waals surface area contributed by atoms with Crippen molar-refractivity contribution in [2.24, 2.45) is 0 Å². The molecule has 0 aliphatic heterocycles. The highest BCUT2D eigenvalue weighted by molar-refractivity contribution is 5.91.